The maximum absolute atomic E-state index is 11.6. The zero-order valence-corrected chi connectivity index (χ0v) is 11.9. The first-order valence-electron chi connectivity index (χ1n) is 6.97. The molecule has 2 N–H and O–H groups in total. The standard InChI is InChI=1S/C14H19N3O4/c1-2-21-14(20)17-7-4-10(5-8-17)16-11-3-6-15-12(9-11)13(18)19/h3,6,9-10H,2,4-5,7-8H2,1H3,(H,15,16)(H,18,19). The van der Waals surface area contributed by atoms with Gasteiger partial charge in [0, 0.05) is 31.0 Å². The van der Waals surface area contributed by atoms with E-state index in [0.29, 0.717) is 19.7 Å². The third kappa shape index (κ3) is 4.08. The minimum absolute atomic E-state index is 0.0176. The first-order chi connectivity index (χ1) is 10.1. The van der Waals surface area contributed by atoms with Crippen molar-refractivity contribution >= 4 is 17.7 Å². The molecule has 7 nitrogen and oxygen atoms in total. The molecule has 7 heteroatoms. The number of aromatic carboxylic acids is 1. The molecular formula is C14H19N3O4. The Hall–Kier alpha value is -2.31. The molecule has 21 heavy (non-hydrogen) atoms. The molecule has 1 fully saturated rings. The molecule has 0 aromatic carbocycles. The van der Waals surface area contributed by atoms with Crippen molar-refractivity contribution in [1.82, 2.24) is 9.88 Å². The van der Waals surface area contributed by atoms with E-state index in [1.54, 1.807) is 17.9 Å². The zero-order valence-electron chi connectivity index (χ0n) is 11.9. The molecule has 0 atom stereocenters. The fraction of sp³-hybridized carbons (Fsp3) is 0.500. The molecule has 0 bridgehead atoms. The first kappa shape index (κ1) is 15.1. The number of anilines is 1. The lowest BCUT2D eigenvalue weighted by molar-refractivity contribution is 0.0690. The summed E-state index contributed by atoms with van der Waals surface area (Å²) in [5, 5.41) is 12.2. The number of nitrogens with one attached hydrogen (secondary N) is 1. The second-order valence-electron chi connectivity index (χ2n) is 4.84. The average Bonchev–Trinajstić information content (AvgIpc) is 2.48. The van der Waals surface area contributed by atoms with Crippen LogP contribution in [0.4, 0.5) is 10.5 Å². The molecular weight excluding hydrogens is 274 g/mol. The van der Waals surface area contributed by atoms with Crippen LogP contribution >= 0.6 is 0 Å². The maximum Gasteiger partial charge on any atom is 0.409 e. The van der Waals surface area contributed by atoms with Crippen molar-refractivity contribution in [2.75, 3.05) is 25.0 Å². The van der Waals surface area contributed by atoms with Gasteiger partial charge in [-0.1, -0.05) is 0 Å². The van der Waals surface area contributed by atoms with Gasteiger partial charge in [-0.25, -0.2) is 14.6 Å². The summed E-state index contributed by atoms with van der Waals surface area (Å²) in [6, 6.07) is 3.46. The van der Waals surface area contributed by atoms with Crippen molar-refractivity contribution in [3.8, 4) is 0 Å². The van der Waals surface area contributed by atoms with Crippen molar-refractivity contribution < 1.29 is 19.4 Å². The van der Waals surface area contributed by atoms with E-state index in [9.17, 15) is 9.59 Å². The molecule has 1 saturated heterocycles. The second-order valence-corrected chi connectivity index (χ2v) is 4.84. The van der Waals surface area contributed by atoms with Crippen LogP contribution in [0.25, 0.3) is 0 Å². The molecule has 1 aromatic rings. The van der Waals surface area contributed by atoms with Gasteiger partial charge in [0.15, 0.2) is 0 Å². The van der Waals surface area contributed by atoms with Gasteiger partial charge < -0.3 is 20.1 Å². The summed E-state index contributed by atoms with van der Waals surface area (Å²) in [6.07, 6.45) is 2.79. The van der Waals surface area contributed by atoms with Gasteiger partial charge in [-0.3, -0.25) is 0 Å². The Morgan fingerprint density at radius 1 is 1.48 bits per heavy atom. The van der Waals surface area contributed by atoms with Crippen LogP contribution in [0.5, 0.6) is 0 Å². The van der Waals surface area contributed by atoms with Crippen molar-refractivity contribution in [3.05, 3.63) is 24.0 Å². The van der Waals surface area contributed by atoms with E-state index < -0.39 is 5.97 Å². The van der Waals surface area contributed by atoms with Gasteiger partial charge in [0.05, 0.1) is 6.61 Å². The molecule has 114 valence electrons. The van der Waals surface area contributed by atoms with Crippen LogP contribution in [0.2, 0.25) is 0 Å². The number of carbonyl (C=O) groups excluding carboxylic acids is 1. The number of carboxylic acids is 1. The minimum atomic E-state index is -1.05. The molecule has 1 aliphatic rings. The molecule has 1 aromatic heterocycles. The van der Waals surface area contributed by atoms with E-state index in [1.165, 1.54) is 12.3 Å². The molecule has 1 amide bonds. The Kier molecular flexibility index (Phi) is 4.97. The van der Waals surface area contributed by atoms with Crippen LogP contribution < -0.4 is 5.32 Å². The van der Waals surface area contributed by atoms with Gasteiger partial charge in [0.2, 0.25) is 0 Å². The highest BCUT2D eigenvalue weighted by molar-refractivity contribution is 5.86. The number of hydrogen-bond acceptors (Lipinski definition) is 5. The highest BCUT2D eigenvalue weighted by atomic mass is 16.6. The predicted octanol–water partition coefficient (Wildman–Crippen LogP) is 1.81. The normalized spacial score (nSPS) is 15.6. The third-order valence-corrected chi connectivity index (χ3v) is 3.37. The van der Waals surface area contributed by atoms with Gasteiger partial charge in [-0.2, -0.15) is 0 Å². The van der Waals surface area contributed by atoms with Crippen LogP contribution in [0.15, 0.2) is 18.3 Å². The summed E-state index contributed by atoms with van der Waals surface area (Å²) in [4.78, 5) is 27.9. The fourth-order valence-corrected chi connectivity index (χ4v) is 2.29. The van der Waals surface area contributed by atoms with Gasteiger partial charge in [0.1, 0.15) is 5.69 Å². The van der Waals surface area contributed by atoms with Crippen molar-refractivity contribution in [1.29, 1.82) is 0 Å². The van der Waals surface area contributed by atoms with E-state index in [-0.39, 0.29) is 17.8 Å². The summed E-state index contributed by atoms with van der Waals surface area (Å²) in [5.74, 6) is -1.05. The summed E-state index contributed by atoms with van der Waals surface area (Å²) in [7, 11) is 0. The number of carbonyl (C=O) groups is 2. The van der Waals surface area contributed by atoms with Crippen molar-refractivity contribution in [3.63, 3.8) is 0 Å². The highest BCUT2D eigenvalue weighted by Gasteiger charge is 2.23. The topological polar surface area (TPSA) is 91.8 Å². The van der Waals surface area contributed by atoms with E-state index in [4.69, 9.17) is 9.84 Å². The summed E-state index contributed by atoms with van der Waals surface area (Å²) in [5.41, 5.74) is 0.751. The number of pyridine rings is 1. The monoisotopic (exact) mass is 293 g/mol. The molecule has 0 saturated carbocycles. The number of hydrogen-bond donors (Lipinski definition) is 2. The molecule has 0 radical (unpaired) electrons. The molecule has 1 aliphatic heterocycles. The smallest absolute Gasteiger partial charge is 0.409 e. The second kappa shape index (κ2) is 6.92. The first-order valence-corrected chi connectivity index (χ1v) is 6.97. The van der Waals surface area contributed by atoms with Crippen molar-refractivity contribution in [2.45, 2.75) is 25.8 Å². The van der Waals surface area contributed by atoms with Crippen LogP contribution in [0.3, 0.4) is 0 Å². The largest absolute Gasteiger partial charge is 0.477 e. The third-order valence-electron chi connectivity index (χ3n) is 3.37. The van der Waals surface area contributed by atoms with Crippen LogP contribution in [-0.2, 0) is 4.74 Å². The number of piperidine rings is 1. The Bertz CT molecular complexity index is 513. The van der Waals surface area contributed by atoms with Crippen LogP contribution in [-0.4, -0.2) is 52.8 Å². The summed E-state index contributed by atoms with van der Waals surface area (Å²) >= 11 is 0. The fourth-order valence-electron chi connectivity index (χ4n) is 2.29. The van der Waals surface area contributed by atoms with E-state index >= 15 is 0 Å². The SMILES string of the molecule is CCOC(=O)N1CCC(Nc2ccnc(C(=O)O)c2)CC1. The van der Waals surface area contributed by atoms with Crippen LogP contribution in [0.1, 0.15) is 30.3 Å². The number of amides is 1. The highest BCUT2D eigenvalue weighted by Crippen LogP contribution is 2.17. The summed E-state index contributed by atoms with van der Waals surface area (Å²) < 4.78 is 4.97. The number of likely N-dealkylation sites (tertiary alicyclic amines) is 1. The Labute approximate surface area is 122 Å². The van der Waals surface area contributed by atoms with Gasteiger partial charge in [-0.05, 0) is 31.9 Å². The zero-order chi connectivity index (χ0) is 15.2. The lowest BCUT2D eigenvalue weighted by Crippen LogP contribution is -2.42. The number of rotatable bonds is 4. The van der Waals surface area contributed by atoms with Crippen molar-refractivity contribution in [2.24, 2.45) is 0 Å². The Morgan fingerprint density at radius 2 is 2.19 bits per heavy atom. The number of carboxylic acid groups (broad SMARTS) is 1. The Morgan fingerprint density at radius 3 is 2.81 bits per heavy atom. The lowest BCUT2D eigenvalue weighted by atomic mass is 10.1. The molecule has 2 heterocycles. The molecule has 2 rings (SSSR count). The van der Waals surface area contributed by atoms with E-state index in [1.807, 2.05) is 0 Å². The van der Waals surface area contributed by atoms with Gasteiger partial charge in [-0.15, -0.1) is 0 Å². The van der Waals surface area contributed by atoms with E-state index in [0.717, 1.165) is 18.5 Å². The minimum Gasteiger partial charge on any atom is -0.477 e. The average molecular weight is 293 g/mol. The maximum atomic E-state index is 11.6. The number of nitrogens with zero attached hydrogens (tertiary/aromatic N) is 2. The van der Waals surface area contributed by atoms with Gasteiger partial charge in [0.25, 0.3) is 0 Å². The quantitative estimate of drug-likeness (QED) is 0.879. The van der Waals surface area contributed by atoms with Gasteiger partial charge >= 0.3 is 12.1 Å². The lowest BCUT2D eigenvalue weighted by Gasteiger charge is -2.32. The number of aromatic nitrogens is 1. The molecule has 0 unspecified atom stereocenters. The number of ether oxygens (including phenoxy) is 1. The predicted molar refractivity (Wildman–Crippen MR) is 76.4 cm³/mol. The molecule has 0 aliphatic carbocycles. The van der Waals surface area contributed by atoms with Crippen LogP contribution in [0, 0.1) is 0 Å². The molecule has 0 spiro atoms. The van der Waals surface area contributed by atoms with E-state index in [2.05, 4.69) is 10.3 Å². The Balaban J connectivity index is 1.87. The summed E-state index contributed by atoms with van der Waals surface area (Å²) in [6.45, 7) is 3.43.